The second-order valence-corrected chi connectivity index (χ2v) is 3.78. The first-order valence-electron chi connectivity index (χ1n) is 7.17. The summed E-state index contributed by atoms with van der Waals surface area (Å²) in [5.74, 6) is 0. The molecule has 0 saturated carbocycles. The van der Waals surface area contributed by atoms with Crippen LogP contribution in [0.4, 0.5) is 5.69 Å². The number of rotatable bonds is 4. The van der Waals surface area contributed by atoms with Gasteiger partial charge in [-0.3, -0.25) is 10.1 Å². The van der Waals surface area contributed by atoms with Crippen LogP contribution < -0.4 is 0 Å². The summed E-state index contributed by atoms with van der Waals surface area (Å²) >= 11 is 0. The molecule has 0 aliphatic carbocycles. The molecule has 0 saturated heterocycles. The molecule has 0 atom stereocenters. The third kappa shape index (κ3) is 7.19. The summed E-state index contributed by atoms with van der Waals surface area (Å²) in [7, 11) is 0. The molecule has 0 aliphatic heterocycles. The minimum Gasteiger partial charge on any atom is -0.258 e. The van der Waals surface area contributed by atoms with Crippen LogP contribution in [-0.2, 0) is 0 Å². The number of allylic oxidation sites excluding steroid dienone is 6. The van der Waals surface area contributed by atoms with Gasteiger partial charge in [0.15, 0.2) is 0 Å². The molecule has 0 aromatic carbocycles. The highest BCUT2D eigenvalue weighted by Gasteiger charge is 1.99. The van der Waals surface area contributed by atoms with Crippen molar-refractivity contribution in [1.82, 2.24) is 9.78 Å². The van der Waals surface area contributed by atoms with Crippen LogP contribution in [0.1, 0.15) is 27.7 Å². The molecule has 1 aromatic rings. The summed E-state index contributed by atoms with van der Waals surface area (Å²) < 4.78 is 1.64. The average Bonchev–Trinajstić information content (AvgIpc) is 2.65. The fraction of sp³-hybridized carbons (Fsp3) is 0.235. The van der Waals surface area contributed by atoms with Crippen molar-refractivity contribution in [3.63, 3.8) is 0 Å². The number of nitrogens with zero attached hydrogens (tertiary/aromatic N) is 3. The van der Waals surface area contributed by atoms with Crippen LogP contribution in [0.2, 0.25) is 0 Å². The predicted molar refractivity (Wildman–Crippen MR) is 91.8 cm³/mol. The van der Waals surface area contributed by atoms with Gasteiger partial charge in [0.25, 0.3) is 5.69 Å². The maximum Gasteiger partial charge on any atom is 0.269 e. The maximum atomic E-state index is 10.8. The van der Waals surface area contributed by atoms with Gasteiger partial charge >= 0.3 is 0 Å². The minimum atomic E-state index is -0.438. The van der Waals surface area contributed by atoms with E-state index in [4.69, 9.17) is 0 Å². The molecule has 5 nitrogen and oxygen atoms in total. The molecular weight excluding hydrogens is 278 g/mol. The standard InChI is InChI=1S/C15H17N3O2.C2H6/c1-3-5-9-14(8-4-2)17-13-7-11-15(18(19)20)10-6-12-16-17;1-2/h3-13H,1-2H3;1-2H3/b5-3-,8-4-,10-6?,13-7?,14-9+,15-11?,16-12?;. The molecule has 0 fully saturated rings. The zero-order chi connectivity index (χ0) is 16.8. The van der Waals surface area contributed by atoms with E-state index in [0.29, 0.717) is 0 Å². The van der Waals surface area contributed by atoms with E-state index in [1.165, 1.54) is 24.4 Å². The van der Waals surface area contributed by atoms with Gasteiger partial charge in [0.2, 0.25) is 0 Å². The highest BCUT2D eigenvalue weighted by molar-refractivity contribution is 5.57. The van der Waals surface area contributed by atoms with E-state index in [9.17, 15) is 10.1 Å². The zero-order valence-electron chi connectivity index (χ0n) is 13.5. The van der Waals surface area contributed by atoms with E-state index in [1.807, 2.05) is 58.1 Å². The molecule has 0 radical (unpaired) electrons. The van der Waals surface area contributed by atoms with E-state index in [0.717, 1.165) is 5.70 Å². The molecule has 0 bridgehead atoms. The van der Waals surface area contributed by atoms with E-state index in [-0.39, 0.29) is 5.69 Å². The van der Waals surface area contributed by atoms with Crippen molar-refractivity contribution in [3.8, 4) is 0 Å². The molecule has 22 heavy (non-hydrogen) atoms. The number of aromatic nitrogens is 2. The van der Waals surface area contributed by atoms with Crippen molar-refractivity contribution in [2.24, 2.45) is 0 Å². The largest absolute Gasteiger partial charge is 0.269 e. The van der Waals surface area contributed by atoms with Gasteiger partial charge in [-0.25, -0.2) is 4.68 Å². The topological polar surface area (TPSA) is 61.0 Å². The Hall–Kier alpha value is -2.69. The van der Waals surface area contributed by atoms with Gasteiger partial charge in [-0.05, 0) is 38.1 Å². The Balaban J connectivity index is 0.00000211. The molecule has 0 amide bonds. The van der Waals surface area contributed by atoms with Gasteiger partial charge in [-0.2, -0.15) is 5.10 Å². The summed E-state index contributed by atoms with van der Waals surface area (Å²) in [4.78, 5) is 10.3. The Bertz CT molecular complexity index is 598. The Morgan fingerprint density at radius 2 is 1.91 bits per heavy atom. The maximum absolute atomic E-state index is 10.8. The van der Waals surface area contributed by atoms with Gasteiger partial charge < -0.3 is 0 Å². The number of nitro groups is 1. The van der Waals surface area contributed by atoms with Gasteiger partial charge in [0.05, 0.1) is 10.6 Å². The third-order valence-corrected chi connectivity index (χ3v) is 2.31. The summed E-state index contributed by atoms with van der Waals surface area (Å²) in [6.07, 6.45) is 12.7. The molecule has 0 N–H and O–H groups in total. The lowest BCUT2D eigenvalue weighted by atomic mass is 10.3. The molecule has 1 aromatic heterocycles. The highest BCUT2D eigenvalue weighted by atomic mass is 16.6. The quantitative estimate of drug-likeness (QED) is 0.450. The summed E-state index contributed by atoms with van der Waals surface area (Å²) in [6.45, 7) is 7.84. The first-order chi connectivity index (χ1) is 10.7. The first-order valence-corrected chi connectivity index (χ1v) is 7.17. The van der Waals surface area contributed by atoms with Gasteiger partial charge in [0.1, 0.15) is 0 Å². The number of hydrogen-bond donors (Lipinski definition) is 0. The minimum absolute atomic E-state index is 0.0135. The molecule has 1 rings (SSSR count). The molecule has 118 valence electrons. The van der Waals surface area contributed by atoms with Crippen LogP contribution in [-0.4, -0.2) is 14.7 Å². The fourth-order valence-corrected chi connectivity index (χ4v) is 1.42. The lowest BCUT2D eigenvalue weighted by Crippen LogP contribution is -1.97. The number of hydrogen-bond acceptors (Lipinski definition) is 3. The summed E-state index contributed by atoms with van der Waals surface area (Å²) in [6, 6.07) is 5.97. The van der Waals surface area contributed by atoms with Crippen molar-refractivity contribution in [2.45, 2.75) is 27.7 Å². The van der Waals surface area contributed by atoms with Crippen molar-refractivity contribution < 1.29 is 4.92 Å². The van der Waals surface area contributed by atoms with Gasteiger partial charge in [0, 0.05) is 24.5 Å². The van der Waals surface area contributed by atoms with E-state index < -0.39 is 4.92 Å². The molecule has 0 spiro atoms. The van der Waals surface area contributed by atoms with E-state index >= 15 is 0 Å². The van der Waals surface area contributed by atoms with Crippen LogP contribution in [0.3, 0.4) is 0 Å². The average molecular weight is 301 g/mol. The van der Waals surface area contributed by atoms with Crippen molar-refractivity contribution in [3.05, 3.63) is 77.2 Å². The van der Waals surface area contributed by atoms with Crippen LogP contribution in [0.15, 0.2) is 67.0 Å². The Morgan fingerprint density at radius 1 is 1.23 bits per heavy atom. The lowest BCUT2D eigenvalue weighted by Gasteiger charge is -2.02. The molecule has 0 unspecified atom stereocenters. The SMILES string of the molecule is CC.C\C=C/C=C(\C=C/C)n1cccc([N+](=O)[O-])cccn1. The van der Waals surface area contributed by atoms with E-state index in [2.05, 4.69) is 5.10 Å². The molecule has 0 aliphatic rings. The van der Waals surface area contributed by atoms with E-state index in [1.54, 1.807) is 16.9 Å². The van der Waals surface area contributed by atoms with Gasteiger partial charge in [-0.1, -0.05) is 32.1 Å². The third-order valence-electron chi connectivity index (χ3n) is 2.31. The smallest absolute Gasteiger partial charge is 0.258 e. The van der Waals surface area contributed by atoms with Gasteiger partial charge in [-0.15, -0.1) is 0 Å². The Morgan fingerprint density at radius 3 is 2.50 bits per heavy atom. The summed E-state index contributed by atoms with van der Waals surface area (Å²) in [5.41, 5.74) is 0.865. The Kier molecular flexibility index (Phi) is 10.6. The van der Waals surface area contributed by atoms with Crippen molar-refractivity contribution in [2.75, 3.05) is 0 Å². The predicted octanol–water partition coefficient (Wildman–Crippen LogP) is 4.94. The molecular formula is C17H23N3O2. The summed E-state index contributed by atoms with van der Waals surface area (Å²) in [5, 5.41) is 15.0. The second-order valence-electron chi connectivity index (χ2n) is 3.78. The van der Waals surface area contributed by atoms with Crippen LogP contribution in [0, 0.1) is 10.1 Å². The van der Waals surface area contributed by atoms with Crippen molar-refractivity contribution >= 4 is 11.4 Å². The van der Waals surface area contributed by atoms with Crippen molar-refractivity contribution in [1.29, 1.82) is 0 Å². The normalized spacial score (nSPS) is 11.0. The first kappa shape index (κ1) is 19.3. The van der Waals surface area contributed by atoms with Crippen LogP contribution >= 0.6 is 0 Å². The second kappa shape index (κ2) is 12.1. The Labute approximate surface area is 131 Å². The van der Waals surface area contributed by atoms with Crippen LogP contribution in [0.25, 0.3) is 5.70 Å². The monoisotopic (exact) mass is 301 g/mol. The molecule has 5 heteroatoms. The van der Waals surface area contributed by atoms with Crippen LogP contribution in [0.5, 0.6) is 0 Å². The highest BCUT2D eigenvalue weighted by Crippen LogP contribution is 2.07. The lowest BCUT2D eigenvalue weighted by molar-refractivity contribution is -0.384. The fourth-order valence-electron chi connectivity index (χ4n) is 1.42. The molecule has 1 heterocycles. The zero-order valence-corrected chi connectivity index (χ0v) is 13.5.